The van der Waals surface area contributed by atoms with Crippen LogP contribution >= 0.6 is 11.6 Å². The zero-order valence-corrected chi connectivity index (χ0v) is 14.2. The van der Waals surface area contributed by atoms with Crippen LogP contribution < -0.4 is 19.5 Å². The number of rotatable bonds is 5. The fourth-order valence-electron chi connectivity index (χ4n) is 2.14. The highest BCUT2D eigenvalue weighted by Crippen LogP contribution is 2.35. The molecule has 0 radical (unpaired) electrons. The largest absolute Gasteiger partial charge is 0.496 e. The van der Waals surface area contributed by atoms with E-state index in [9.17, 15) is 4.79 Å². The van der Waals surface area contributed by atoms with E-state index in [2.05, 4.69) is 5.32 Å². The second-order valence-electron chi connectivity index (χ2n) is 4.77. The third-order valence-corrected chi connectivity index (χ3v) is 3.88. The van der Waals surface area contributed by atoms with Crippen molar-refractivity contribution < 1.29 is 19.0 Å². The summed E-state index contributed by atoms with van der Waals surface area (Å²) >= 11 is 6.08. The second kappa shape index (κ2) is 7.24. The summed E-state index contributed by atoms with van der Waals surface area (Å²) in [7, 11) is 4.52. The van der Waals surface area contributed by atoms with E-state index >= 15 is 0 Å². The monoisotopic (exact) mass is 335 g/mol. The third kappa shape index (κ3) is 3.51. The summed E-state index contributed by atoms with van der Waals surface area (Å²) < 4.78 is 15.7. The minimum Gasteiger partial charge on any atom is -0.496 e. The average molecular weight is 336 g/mol. The Labute approximate surface area is 140 Å². The Morgan fingerprint density at radius 2 is 1.61 bits per heavy atom. The van der Waals surface area contributed by atoms with Crippen LogP contribution in [0.4, 0.5) is 5.69 Å². The van der Waals surface area contributed by atoms with Crippen molar-refractivity contribution in [3.63, 3.8) is 0 Å². The van der Waals surface area contributed by atoms with Crippen LogP contribution in [0.2, 0.25) is 5.02 Å². The molecule has 0 saturated heterocycles. The van der Waals surface area contributed by atoms with Crippen LogP contribution in [0.1, 0.15) is 15.9 Å². The standard InChI is InChI=1S/C17H18ClNO4/c1-10-12(18)6-5-7-13(10)19-17(20)11-8-15(22-3)16(23-4)9-14(11)21-2/h5-9H,1-4H3,(H,19,20). The lowest BCUT2D eigenvalue weighted by atomic mass is 10.1. The van der Waals surface area contributed by atoms with Crippen molar-refractivity contribution >= 4 is 23.2 Å². The third-order valence-electron chi connectivity index (χ3n) is 3.47. The van der Waals surface area contributed by atoms with Gasteiger partial charge in [0.1, 0.15) is 5.75 Å². The molecule has 0 saturated carbocycles. The molecule has 6 heteroatoms. The quantitative estimate of drug-likeness (QED) is 0.899. The second-order valence-corrected chi connectivity index (χ2v) is 5.18. The Bertz CT molecular complexity index is 731. The molecule has 0 atom stereocenters. The molecule has 0 spiro atoms. The van der Waals surface area contributed by atoms with Gasteiger partial charge in [-0.3, -0.25) is 4.79 Å². The maximum atomic E-state index is 12.6. The average Bonchev–Trinajstić information content (AvgIpc) is 2.57. The van der Waals surface area contributed by atoms with E-state index in [4.69, 9.17) is 25.8 Å². The molecule has 2 aromatic carbocycles. The van der Waals surface area contributed by atoms with Crippen molar-refractivity contribution in [2.24, 2.45) is 0 Å². The van der Waals surface area contributed by atoms with Gasteiger partial charge in [0.25, 0.3) is 5.91 Å². The number of anilines is 1. The van der Waals surface area contributed by atoms with E-state index < -0.39 is 0 Å². The molecule has 2 rings (SSSR count). The predicted octanol–water partition coefficient (Wildman–Crippen LogP) is 3.93. The van der Waals surface area contributed by atoms with Gasteiger partial charge in [-0.15, -0.1) is 0 Å². The molecule has 0 fully saturated rings. The number of methoxy groups -OCH3 is 3. The van der Waals surface area contributed by atoms with E-state index in [1.807, 2.05) is 6.92 Å². The first-order chi connectivity index (χ1) is 11.0. The molecule has 1 N–H and O–H groups in total. The molecule has 0 aromatic heterocycles. The Morgan fingerprint density at radius 3 is 2.22 bits per heavy atom. The fourth-order valence-corrected chi connectivity index (χ4v) is 2.31. The number of amides is 1. The van der Waals surface area contributed by atoms with E-state index in [0.717, 1.165) is 5.56 Å². The lowest BCUT2D eigenvalue weighted by molar-refractivity contribution is 0.102. The molecule has 0 unspecified atom stereocenters. The smallest absolute Gasteiger partial charge is 0.259 e. The fraction of sp³-hybridized carbons (Fsp3) is 0.235. The minimum absolute atomic E-state index is 0.326. The van der Waals surface area contributed by atoms with Gasteiger partial charge in [0, 0.05) is 22.8 Å². The SMILES string of the molecule is COc1cc(OC)c(C(=O)Nc2cccc(Cl)c2C)cc1OC. The number of carbonyl (C=O) groups is 1. The highest BCUT2D eigenvalue weighted by molar-refractivity contribution is 6.31. The number of nitrogens with one attached hydrogen (secondary N) is 1. The normalized spacial score (nSPS) is 10.1. The van der Waals surface area contributed by atoms with Gasteiger partial charge in [0.05, 0.1) is 26.9 Å². The van der Waals surface area contributed by atoms with Crippen LogP contribution in [0.5, 0.6) is 17.2 Å². The highest BCUT2D eigenvalue weighted by atomic mass is 35.5. The summed E-state index contributed by atoms with van der Waals surface area (Å²) in [4.78, 5) is 12.6. The highest BCUT2D eigenvalue weighted by Gasteiger charge is 2.18. The zero-order chi connectivity index (χ0) is 17.0. The van der Waals surface area contributed by atoms with E-state index in [1.54, 1.807) is 30.3 Å². The summed E-state index contributed by atoms with van der Waals surface area (Å²) in [5.74, 6) is 0.995. The Balaban J connectivity index is 2.40. The lowest BCUT2D eigenvalue weighted by Gasteiger charge is -2.15. The summed E-state index contributed by atoms with van der Waals surface area (Å²) in [5.41, 5.74) is 1.77. The van der Waals surface area contributed by atoms with Crippen LogP contribution in [0.3, 0.4) is 0 Å². The van der Waals surface area contributed by atoms with Crippen LogP contribution in [-0.2, 0) is 0 Å². The predicted molar refractivity (Wildman–Crippen MR) is 90.2 cm³/mol. The summed E-state index contributed by atoms with van der Waals surface area (Å²) in [6.45, 7) is 1.84. The number of carbonyl (C=O) groups excluding carboxylic acids is 1. The van der Waals surface area contributed by atoms with Crippen LogP contribution in [0.25, 0.3) is 0 Å². The van der Waals surface area contributed by atoms with Crippen molar-refractivity contribution in [2.45, 2.75) is 6.92 Å². The Kier molecular flexibility index (Phi) is 5.34. The van der Waals surface area contributed by atoms with Gasteiger partial charge in [-0.25, -0.2) is 0 Å². The van der Waals surface area contributed by atoms with Gasteiger partial charge in [-0.05, 0) is 24.6 Å². The molecule has 0 aliphatic carbocycles. The molecule has 1 amide bonds. The van der Waals surface area contributed by atoms with E-state index in [1.165, 1.54) is 21.3 Å². The first-order valence-corrected chi connectivity index (χ1v) is 7.26. The molecule has 23 heavy (non-hydrogen) atoms. The van der Waals surface area contributed by atoms with Gasteiger partial charge in [0.2, 0.25) is 0 Å². The van der Waals surface area contributed by atoms with Gasteiger partial charge < -0.3 is 19.5 Å². The molecule has 0 bridgehead atoms. The molecular weight excluding hydrogens is 318 g/mol. The van der Waals surface area contributed by atoms with Crippen molar-refractivity contribution in [1.82, 2.24) is 0 Å². The first kappa shape index (κ1) is 17.0. The molecule has 0 aliphatic rings. The number of benzene rings is 2. The Morgan fingerprint density at radius 1 is 1.00 bits per heavy atom. The minimum atomic E-state index is -0.326. The summed E-state index contributed by atoms with van der Waals surface area (Å²) in [6, 6.07) is 8.51. The topological polar surface area (TPSA) is 56.8 Å². The molecule has 122 valence electrons. The Hall–Kier alpha value is -2.40. The lowest BCUT2D eigenvalue weighted by Crippen LogP contribution is -2.14. The van der Waals surface area contributed by atoms with Crippen LogP contribution in [0.15, 0.2) is 30.3 Å². The van der Waals surface area contributed by atoms with Crippen molar-refractivity contribution in [2.75, 3.05) is 26.6 Å². The molecule has 0 heterocycles. The number of hydrogen-bond donors (Lipinski definition) is 1. The number of halogens is 1. The summed E-state index contributed by atoms with van der Waals surface area (Å²) in [5, 5.41) is 3.42. The van der Waals surface area contributed by atoms with Gasteiger partial charge in [-0.1, -0.05) is 17.7 Å². The van der Waals surface area contributed by atoms with Crippen LogP contribution in [0, 0.1) is 6.92 Å². The molecule has 5 nitrogen and oxygen atoms in total. The van der Waals surface area contributed by atoms with Crippen molar-refractivity contribution in [3.8, 4) is 17.2 Å². The maximum Gasteiger partial charge on any atom is 0.259 e. The van der Waals surface area contributed by atoms with Gasteiger partial charge >= 0.3 is 0 Å². The number of ether oxygens (including phenoxy) is 3. The zero-order valence-electron chi connectivity index (χ0n) is 13.4. The first-order valence-electron chi connectivity index (χ1n) is 6.88. The van der Waals surface area contributed by atoms with Crippen LogP contribution in [-0.4, -0.2) is 27.2 Å². The maximum absolute atomic E-state index is 12.6. The molecule has 2 aromatic rings. The van der Waals surface area contributed by atoms with Gasteiger partial charge in [0.15, 0.2) is 11.5 Å². The van der Waals surface area contributed by atoms with E-state index in [0.29, 0.717) is 33.5 Å². The van der Waals surface area contributed by atoms with E-state index in [-0.39, 0.29) is 5.91 Å². The molecule has 0 aliphatic heterocycles. The van der Waals surface area contributed by atoms with Crippen molar-refractivity contribution in [1.29, 1.82) is 0 Å². The summed E-state index contributed by atoms with van der Waals surface area (Å²) in [6.07, 6.45) is 0. The van der Waals surface area contributed by atoms with Gasteiger partial charge in [-0.2, -0.15) is 0 Å². The molecular formula is C17H18ClNO4. The number of hydrogen-bond acceptors (Lipinski definition) is 4. The van der Waals surface area contributed by atoms with Crippen molar-refractivity contribution in [3.05, 3.63) is 46.5 Å².